The normalized spacial score (nSPS) is 23.8. The molecule has 0 bridgehead atoms. The molecule has 2 heterocycles. The number of hydrogen-bond donors (Lipinski definition) is 1. The van der Waals surface area contributed by atoms with E-state index in [9.17, 15) is 4.79 Å². The molecule has 0 spiro atoms. The maximum Gasteiger partial charge on any atom is 0.236 e. The van der Waals surface area contributed by atoms with Crippen LogP contribution in [0.1, 0.15) is 39.0 Å². The Kier molecular flexibility index (Phi) is 6.93. The Morgan fingerprint density at radius 3 is 2.14 bits per heavy atom. The smallest absolute Gasteiger partial charge is 0.236 e. The molecule has 1 atom stereocenters. The van der Waals surface area contributed by atoms with Crippen LogP contribution in [0.25, 0.3) is 0 Å². The third kappa shape index (κ3) is 4.94. The molecule has 5 nitrogen and oxygen atoms in total. The molecule has 0 aromatic heterocycles. The van der Waals surface area contributed by atoms with E-state index in [-0.39, 0.29) is 0 Å². The van der Waals surface area contributed by atoms with Crippen LogP contribution in [-0.4, -0.2) is 79.0 Å². The van der Waals surface area contributed by atoms with Gasteiger partial charge in [-0.05, 0) is 19.3 Å². The average molecular weight is 296 g/mol. The fourth-order valence-electron chi connectivity index (χ4n) is 3.47. The second-order valence-corrected chi connectivity index (χ2v) is 6.40. The summed E-state index contributed by atoms with van der Waals surface area (Å²) >= 11 is 0. The maximum absolute atomic E-state index is 12.4. The van der Waals surface area contributed by atoms with Crippen LogP contribution in [-0.2, 0) is 4.79 Å². The first kappa shape index (κ1) is 16.7. The van der Waals surface area contributed by atoms with E-state index in [0.29, 0.717) is 18.5 Å². The third-order valence-electron chi connectivity index (χ3n) is 4.98. The fourth-order valence-corrected chi connectivity index (χ4v) is 3.47. The molecule has 0 aromatic rings. The standard InChI is InChI=1S/C16H32N4O/c1-2-15(13-17)19-11-9-18(10-12-19)14-16(21)20-7-5-3-4-6-8-20/h15H,2-14,17H2,1H3. The number of piperazine rings is 1. The molecule has 0 aliphatic carbocycles. The number of carbonyl (C=O) groups excluding carboxylic acids is 1. The summed E-state index contributed by atoms with van der Waals surface area (Å²) in [6.07, 6.45) is 6.02. The van der Waals surface area contributed by atoms with Gasteiger partial charge in [-0.3, -0.25) is 14.6 Å². The van der Waals surface area contributed by atoms with E-state index in [0.717, 1.165) is 52.2 Å². The molecule has 2 saturated heterocycles. The highest BCUT2D eigenvalue weighted by Gasteiger charge is 2.24. The van der Waals surface area contributed by atoms with Gasteiger partial charge in [-0.2, -0.15) is 0 Å². The Labute approximate surface area is 129 Å². The molecule has 0 saturated carbocycles. The van der Waals surface area contributed by atoms with Crippen molar-refractivity contribution in [3.8, 4) is 0 Å². The van der Waals surface area contributed by atoms with Gasteiger partial charge in [-0.15, -0.1) is 0 Å². The lowest BCUT2D eigenvalue weighted by Crippen LogP contribution is -2.54. The first-order valence-corrected chi connectivity index (χ1v) is 8.68. The molecule has 2 aliphatic rings. The molecular formula is C16H32N4O. The molecule has 1 unspecified atom stereocenters. The third-order valence-corrected chi connectivity index (χ3v) is 4.98. The Bertz CT molecular complexity index is 303. The topological polar surface area (TPSA) is 52.8 Å². The van der Waals surface area contributed by atoms with Crippen molar-refractivity contribution in [3.05, 3.63) is 0 Å². The van der Waals surface area contributed by atoms with Crippen LogP contribution in [0.4, 0.5) is 0 Å². The Balaban J connectivity index is 1.73. The van der Waals surface area contributed by atoms with E-state index in [1.165, 1.54) is 25.7 Å². The maximum atomic E-state index is 12.4. The molecule has 1 amide bonds. The highest BCUT2D eigenvalue weighted by molar-refractivity contribution is 5.78. The van der Waals surface area contributed by atoms with Crippen LogP contribution >= 0.6 is 0 Å². The number of rotatable bonds is 5. The highest BCUT2D eigenvalue weighted by atomic mass is 16.2. The quantitative estimate of drug-likeness (QED) is 0.813. The van der Waals surface area contributed by atoms with Gasteiger partial charge in [0.15, 0.2) is 0 Å². The first-order valence-electron chi connectivity index (χ1n) is 8.68. The fraction of sp³-hybridized carbons (Fsp3) is 0.938. The number of hydrogen-bond acceptors (Lipinski definition) is 4. The molecule has 21 heavy (non-hydrogen) atoms. The van der Waals surface area contributed by atoms with E-state index in [1.54, 1.807) is 0 Å². The summed E-state index contributed by atoms with van der Waals surface area (Å²) in [6, 6.07) is 0.508. The lowest BCUT2D eigenvalue weighted by atomic mass is 10.1. The van der Waals surface area contributed by atoms with E-state index in [4.69, 9.17) is 5.73 Å². The van der Waals surface area contributed by atoms with Gasteiger partial charge in [-0.1, -0.05) is 19.8 Å². The zero-order chi connectivity index (χ0) is 15.1. The molecule has 2 rings (SSSR count). The van der Waals surface area contributed by atoms with Gasteiger partial charge in [-0.25, -0.2) is 0 Å². The summed E-state index contributed by atoms with van der Waals surface area (Å²) in [6.45, 7) is 9.55. The number of nitrogens with two attached hydrogens (primary N) is 1. The van der Waals surface area contributed by atoms with Crippen molar-refractivity contribution >= 4 is 5.91 Å². The lowest BCUT2D eigenvalue weighted by molar-refractivity contribution is -0.132. The molecule has 2 N–H and O–H groups in total. The molecule has 5 heteroatoms. The van der Waals surface area contributed by atoms with Gasteiger partial charge in [0.25, 0.3) is 0 Å². The Morgan fingerprint density at radius 1 is 1.00 bits per heavy atom. The zero-order valence-electron chi connectivity index (χ0n) is 13.6. The van der Waals surface area contributed by atoms with Gasteiger partial charge >= 0.3 is 0 Å². The number of amides is 1. The van der Waals surface area contributed by atoms with Gasteiger partial charge in [0.2, 0.25) is 5.91 Å². The van der Waals surface area contributed by atoms with Gasteiger partial charge in [0, 0.05) is 51.9 Å². The monoisotopic (exact) mass is 296 g/mol. The summed E-state index contributed by atoms with van der Waals surface area (Å²) < 4.78 is 0. The lowest BCUT2D eigenvalue weighted by Gasteiger charge is -2.39. The predicted octanol–water partition coefficient (Wildman–Crippen LogP) is 0.744. The van der Waals surface area contributed by atoms with E-state index >= 15 is 0 Å². The van der Waals surface area contributed by atoms with Crippen molar-refractivity contribution in [2.75, 3.05) is 52.4 Å². The molecule has 0 radical (unpaired) electrons. The van der Waals surface area contributed by atoms with Crippen molar-refractivity contribution in [1.29, 1.82) is 0 Å². The minimum atomic E-state index is 0.330. The zero-order valence-corrected chi connectivity index (χ0v) is 13.6. The van der Waals surface area contributed by atoms with Crippen LogP contribution in [0.3, 0.4) is 0 Å². The molecular weight excluding hydrogens is 264 g/mol. The SMILES string of the molecule is CCC(CN)N1CCN(CC(=O)N2CCCCCC2)CC1. The summed E-state index contributed by atoms with van der Waals surface area (Å²) in [5.74, 6) is 0.330. The summed E-state index contributed by atoms with van der Waals surface area (Å²) in [5.41, 5.74) is 5.83. The average Bonchev–Trinajstić information content (AvgIpc) is 2.79. The second kappa shape index (κ2) is 8.71. The van der Waals surface area contributed by atoms with Crippen molar-refractivity contribution in [1.82, 2.24) is 14.7 Å². The van der Waals surface area contributed by atoms with Crippen LogP contribution in [0, 0.1) is 0 Å². The van der Waals surface area contributed by atoms with Crippen LogP contribution < -0.4 is 5.73 Å². The van der Waals surface area contributed by atoms with Crippen molar-refractivity contribution < 1.29 is 4.79 Å². The highest BCUT2D eigenvalue weighted by Crippen LogP contribution is 2.12. The van der Waals surface area contributed by atoms with E-state index in [2.05, 4.69) is 21.6 Å². The first-order chi connectivity index (χ1) is 10.2. The van der Waals surface area contributed by atoms with Crippen molar-refractivity contribution in [3.63, 3.8) is 0 Å². The predicted molar refractivity (Wildman–Crippen MR) is 86.2 cm³/mol. The number of carbonyl (C=O) groups is 1. The largest absolute Gasteiger partial charge is 0.342 e. The summed E-state index contributed by atoms with van der Waals surface area (Å²) in [7, 11) is 0. The van der Waals surface area contributed by atoms with Gasteiger partial charge in [0.05, 0.1) is 6.54 Å². The summed E-state index contributed by atoms with van der Waals surface area (Å²) in [4.78, 5) is 19.3. The Hall–Kier alpha value is -0.650. The Morgan fingerprint density at radius 2 is 1.62 bits per heavy atom. The van der Waals surface area contributed by atoms with Crippen molar-refractivity contribution in [2.45, 2.75) is 45.1 Å². The molecule has 2 aliphatic heterocycles. The summed E-state index contributed by atoms with van der Waals surface area (Å²) in [5, 5.41) is 0. The number of likely N-dealkylation sites (tertiary alicyclic amines) is 1. The van der Waals surface area contributed by atoms with E-state index in [1.807, 2.05) is 0 Å². The van der Waals surface area contributed by atoms with Gasteiger partial charge in [0.1, 0.15) is 0 Å². The molecule has 122 valence electrons. The number of nitrogens with zero attached hydrogens (tertiary/aromatic N) is 3. The van der Waals surface area contributed by atoms with E-state index < -0.39 is 0 Å². The van der Waals surface area contributed by atoms with Gasteiger partial charge < -0.3 is 10.6 Å². The van der Waals surface area contributed by atoms with Crippen molar-refractivity contribution in [2.24, 2.45) is 5.73 Å². The second-order valence-electron chi connectivity index (χ2n) is 6.40. The minimum absolute atomic E-state index is 0.330. The van der Waals surface area contributed by atoms with Crippen LogP contribution in [0.5, 0.6) is 0 Å². The molecule has 0 aromatic carbocycles. The molecule has 2 fully saturated rings. The van der Waals surface area contributed by atoms with Crippen LogP contribution in [0.15, 0.2) is 0 Å². The van der Waals surface area contributed by atoms with Crippen LogP contribution in [0.2, 0.25) is 0 Å². The minimum Gasteiger partial charge on any atom is -0.342 e.